The fraction of sp³-hybridized carbons (Fsp3) is 0.294. The number of hydrogen-bond donors (Lipinski definition) is 2. The minimum atomic E-state index is -0.316. The predicted octanol–water partition coefficient (Wildman–Crippen LogP) is 3.97. The zero-order chi connectivity index (χ0) is 16.3. The molecule has 0 saturated carbocycles. The predicted molar refractivity (Wildman–Crippen MR) is 88.8 cm³/mol. The smallest absolute Gasteiger partial charge is 0.324 e. The van der Waals surface area contributed by atoms with Crippen molar-refractivity contribution in [3.05, 3.63) is 46.6 Å². The topological polar surface area (TPSA) is 63.2 Å². The summed E-state index contributed by atoms with van der Waals surface area (Å²) < 4.78 is 5.08. The van der Waals surface area contributed by atoms with Gasteiger partial charge in [0, 0.05) is 11.4 Å². The minimum absolute atomic E-state index is 0.316. The first kappa shape index (κ1) is 15.8. The van der Waals surface area contributed by atoms with E-state index in [2.05, 4.69) is 15.6 Å². The minimum Gasteiger partial charge on any atom is -0.497 e. The number of benzene rings is 1. The second-order valence-corrected chi connectivity index (χ2v) is 5.23. The summed E-state index contributed by atoms with van der Waals surface area (Å²) in [5.41, 5.74) is 4.89. The molecule has 0 aliphatic heterocycles. The molecule has 0 aliphatic rings. The molecule has 5 nitrogen and oxygen atoms in total. The first-order valence-corrected chi connectivity index (χ1v) is 7.09. The van der Waals surface area contributed by atoms with Crippen molar-refractivity contribution in [2.75, 3.05) is 17.7 Å². The number of rotatable bonds is 3. The van der Waals surface area contributed by atoms with Gasteiger partial charge in [-0.05, 0) is 68.7 Å². The van der Waals surface area contributed by atoms with Crippen molar-refractivity contribution in [2.24, 2.45) is 0 Å². The van der Waals surface area contributed by atoms with Gasteiger partial charge in [-0.1, -0.05) is 0 Å². The fourth-order valence-electron chi connectivity index (χ4n) is 2.13. The number of carbonyl (C=O) groups excluding carboxylic acids is 1. The van der Waals surface area contributed by atoms with E-state index in [4.69, 9.17) is 4.74 Å². The van der Waals surface area contributed by atoms with Crippen LogP contribution in [0.2, 0.25) is 0 Å². The summed E-state index contributed by atoms with van der Waals surface area (Å²) in [6.45, 7) is 7.96. The Morgan fingerprint density at radius 1 is 0.955 bits per heavy atom. The lowest BCUT2D eigenvalue weighted by Gasteiger charge is -2.14. The second-order valence-electron chi connectivity index (χ2n) is 5.23. The van der Waals surface area contributed by atoms with Crippen LogP contribution >= 0.6 is 0 Å². The molecule has 0 aliphatic carbocycles. The van der Waals surface area contributed by atoms with Crippen LogP contribution in [0.3, 0.4) is 0 Å². The van der Waals surface area contributed by atoms with E-state index in [1.54, 1.807) is 31.4 Å². The van der Waals surface area contributed by atoms with Gasteiger partial charge in [0.15, 0.2) is 0 Å². The van der Waals surface area contributed by atoms with E-state index < -0.39 is 0 Å². The highest BCUT2D eigenvalue weighted by atomic mass is 16.5. The average molecular weight is 299 g/mol. The Balaban J connectivity index is 2.12. The number of methoxy groups -OCH3 is 1. The van der Waals surface area contributed by atoms with Crippen molar-refractivity contribution in [1.82, 2.24) is 4.98 Å². The molecular weight excluding hydrogens is 278 g/mol. The van der Waals surface area contributed by atoms with E-state index >= 15 is 0 Å². The lowest BCUT2D eigenvalue weighted by molar-refractivity contribution is 0.262. The van der Waals surface area contributed by atoms with Gasteiger partial charge in [-0.15, -0.1) is 0 Å². The normalized spacial score (nSPS) is 10.2. The molecule has 0 unspecified atom stereocenters. The summed E-state index contributed by atoms with van der Waals surface area (Å²) in [6, 6.07) is 6.83. The Morgan fingerprint density at radius 3 is 2.18 bits per heavy atom. The van der Waals surface area contributed by atoms with Crippen LogP contribution in [-0.2, 0) is 0 Å². The van der Waals surface area contributed by atoms with Gasteiger partial charge in [0.25, 0.3) is 0 Å². The summed E-state index contributed by atoms with van der Waals surface area (Å²) in [5.74, 6) is 1.33. The third-order valence-electron chi connectivity index (χ3n) is 3.88. The van der Waals surface area contributed by atoms with E-state index in [1.165, 1.54) is 0 Å². The van der Waals surface area contributed by atoms with Crippen LogP contribution in [0.25, 0.3) is 0 Å². The first-order valence-electron chi connectivity index (χ1n) is 7.09. The number of nitrogens with zero attached hydrogens (tertiary/aromatic N) is 1. The number of anilines is 2. The molecule has 0 fully saturated rings. The van der Waals surface area contributed by atoms with Crippen molar-refractivity contribution < 1.29 is 9.53 Å². The molecule has 0 spiro atoms. The largest absolute Gasteiger partial charge is 0.497 e. The Hall–Kier alpha value is -2.56. The molecule has 0 radical (unpaired) electrons. The molecule has 2 aromatic rings. The van der Waals surface area contributed by atoms with Crippen LogP contribution in [0.15, 0.2) is 24.3 Å². The number of aryl methyl sites for hydroxylation is 1. The molecule has 1 aromatic heterocycles. The molecule has 0 atom stereocenters. The number of urea groups is 1. The van der Waals surface area contributed by atoms with Gasteiger partial charge in [0.05, 0.1) is 7.11 Å². The van der Waals surface area contributed by atoms with Gasteiger partial charge in [-0.2, -0.15) is 0 Å². The molecule has 22 heavy (non-hydrogen) atoms. The highest BCUT2D eigenvalue weighted by Gasteiger charge is 2.11. The Kier molecular flexibility index (Phi) is 4.65. The lowest BCUT2D eigenvalue weighted by Crippen LogP contribution is -2.21. The lowest BCUT2D eigenvalue weighted by atomic mass is 10.0. The van der Waals surface area contributed by atoms with Gasteiger partial charge < -0.3 is 10.1 Å². The van der Waals surface area contributed by atoms with E-state index in [9.17, 15) is 4.79 Å². The van der Waals surface area contributed by atoms with E-state index in [0.29, 0.717) is 11.5 Å². The van der Waals surface area contributed by atoms with Gasteiger partial charge >= 0.3 is 6.03 Å². The Morgan fingerprint density at radius 2 is 1.59 bits per heavy atom. The van der Waals surface area contributed by atoms with E-state index in [-0.39, 0.29) is 6.03 Å². The average Bonchev–Trinajstić information content (AvgIpc) is 2.51. The van der Waals surface area contributed by atoms with Crippen LogP contribution in [0.5, 0.6) is 5.75 Å². The van der Waals surface area contributed by atoms with E-state index in [1.807, 2.05) is 27.7 Å². The van der Waals surface area contributed by atoms with Crippen LogP contribution in [0.4, 0.5) is 16.3 Å². The summed E-state index contributed by atoms with van der Waals surface area (Å²) in [5, 5.41) is 5.58. The standard InChI is InChI=1S/C17H21N3O2/c1-10-11(2)13(4)18-16(12(10)3)20-17(21)19-14-6-8-15(22-5)9-7-14/h6-9H,1-5H3,(H2,18,19,20,21). The maximum Gasteiger partial charge on any atom is 0.324 e. The van der Waals surface area contributed by atoms with Crippen molar-refractivity contribution in [3.8, 4) is 5.75 Å². The van der Waals surface area contributed by atoms with Crippen molar-refractivity contribution in [1.29, 1.82) is 0 Å². The summed E-state index contributed by atoms with van der Waals surface area (Å²) in [7, 11) is 1.60. The first-order chi connectivity index (χ1) is 10.4. The molecule has 2 rings (SSSR count). The zero-order valence-corrected chi connectivity index (χ0v) is 13.6. The number of pyridine rings is 1. The molecule has 2 amide bonds. The molecule has 0 bridgehead atoms. The molecule has 2 N–H and O–H groups in total. The molecular formula is C17H21N3O2. The summed E-state index contributed by atoms with van der Waals surface area (Å²) >= 11 is 0. The highest BCUT2D eigenvalue weighted by molar-refractivity contribution is 5.99. The van der Waals surface area contributed by atoms with Crippen molar-refractivity contribution >= 4 is 17.5 Å². The number of amides is 2. The van der Waals surface area contributed by atoms with Gasteiger partial charge in [-0.3, -0.25) is 5.32 Å². The Bertz CT molecular complexity index is 694. The van der Waals surface area contributed by atoms with Crippen molar-refractivity contribution in [2.45, 2.75) is 27.7 Å². The molecule has 0 saturated heterocycles. The highest BCUT2D eigenvalue weighted by Crippen LogP contribution is 2.22. The number of aromatic nitrogens is 1. The van der Waals surface area contributed by atoms with Crippen LogP contribution < -0.4 is 15.4 Å². The molecule has 1 aromatic carbocycles. The second kappa shape index (κ2) is 6.47. The SMILES string of the molecule is COc1ccc(NC(=O)Nc2nc(C)c(C)c(C)c2C)cc1. The number of nitrogens with one attached hydrogen (secondary N) is 2. The summed E-state index contributed by atoms with van der Waals surface area (Å²) in [6.07, 6.45) is 0. The van der Waals surface area contributed by atoms with Crippen LogP contribution in [-0.4, -0.2) is 18.1 Å². The maximum absolute atomic E-state index is 12.1. The fourth-order valence-corrected chi connectivity index (χ4v) is 2.13. The maximum atomic E-state index is 12.1. The van der Waals surface area contributed by atoms with E-state index in [0.717, 1.165) is 28.1 Å². The number of hydrogen-bond acceptors (Lipinski definition) is 3. The monoisotopic (exact) mass is 299 g/mol. The van der Waals surface area contributed by atoms with Crippen molar-refractivity contribution in [3.63, 3.8) is 0 Å². The molecule has 5 heteroatoms. The molecule has 116 valence electrons. The zero-order valence-electron chi connectivity index (χ0n) is 13.6. The quantitative estimate of drug-likeness (QED) is 0.901. The van der Waals surface area contributed by atoms with Crippen LogP contribution in [0, 0.1) is 27.7 Å². The summed E-state index contributed by atoms with van der Waals surface area (Å²) in [4.78, 5) is 16.6. The number of carbonyl (C=O) groups is 1. The Labute approximate surface area is 130 Å². The number of ether oxygens (including phenoxy) is 1. The van der Waals surface area contributed by atoms with Crippen LogP contribution in [0.1, 0.15) is 22.4 Å². The third kappa shape index (κ3) is 3.36. The molecule has 1 heterocycles. The van der Waals surface area contributed by atoms with Gasteiger partial charge in [-0.25, -0.2) is 9.78 Å². The van der Waals surface area contributed by atoms with Gasteiger partial charge in [0.2, 0.25) is 0 Å². The third-order valence-corrected chi connectivity index (χ3v) is 3.88. The van der Waals surface area contributed by atoms with Gasteiger partial charge in [0.1, 0.15) is 11.6 Å².